The molecule has 0 saturated heterocycles. The lowest BCUT2D eigenvalue weighted by Gasteiger charge is -2.17. The number of phenolic OH excluding ortho intramolecular Hbond substituents is 1. The molecule has 0 atom stereocenters. The summed E-state index contributed by atoms with van der Waals surface area (Å²) < 4.78 is 0. The SMILES string of the molecule is Cc1cc(/C=C/c2ccccc2)cc(-c2nc(N(C)C)nc(N(C)C)n2)c1O. The molecule has 0 radical (unpaired) electrons. The summed E-state index contributed by atoms with van der Waals surface area (Å²) in [6, 6.07) is 13.9. The number of nitrogens with zero attached hydrogens (tertiary/aromatic N) is 5. The van der Waals surface area contributed by atoms with E-state index in [0.29, 0.717) is 23.3 Å². The molecule has 0 bridgehead atoms. The molecule has 28 heavy (non-hydrogen) atoms. The summed E-state index contributed by atoms with van der Waals surface area (Å²) in [5.74, 6) is 1.70. The Bertz CT molecular complexity index is 971. The molecule has 0 spiro atoms. The zero-order chi connectivity index (χ0) is 20.3. The molecule has 0 amide bonds. The van der Waals surface area contributed by atoms with Crippen molar-refractivity contribution >= 4 is 24.0 Å². The summed E-state index contributed by atoms with van der Waals surface area (Å²) in [6.45, 7) is 1.87. The molecular weight excluding hydrogens is 350 g/mol. The Labute approximate surface area is 165 Å². The van der Waals surface area contributed by atoms with Crippen molar-refractivity contribution < 1.29 is 5.11 Å². The van der Waals surface area contributed by atoms with Gasteiger partial charge < -0.3 is 14.9 Å². The fourth-order valence-corrected chi connectivity index (χ4v) is 2.71. The van der Waals surface area contributed by atoms with Gasteiger partial charge in [0, 0.05) is 28.2 Å². The van der Waals surface area contributed by atoms with Crippen molar-refractivity contribution in [2.45, 2.75) is 6.92 Å². The molecule has 0 aliphatic carbocycles. The first-order valence-corrected chi connectivity index (χ1v) is 9.03. The van der Waals surface area contributed by atoms with Gasteiger partial charge in [0.05, 0.1) is 5.56 Å². The van der Waals surface area contributed by atoms with Crippen LogP contribution in [0.5, 0.6) is 5.75 Å². The van der Waals surface area contributed by atoms with Crippen molar-refractivity contribution in [2.75, 3.05) is 38.0 Å². The Morgan fingerprint density at radius 2 is 1.36 bits per heavy atom. The lowest BCUT2D eigenvalue weighted by atomic mass is 10.0. The number of phenols is 1. The van der Waals surface area contributed by atoms with Crippen molar-refractivity contribution in [1.82, 2.24) is 15.0 Å². The number of aromatic nitrogens is 3. The molecule has 1 N–H and O–H groups in total. The van der Waals surface area contributed by atoms with Gasteiger partial charge in [-0.3, -0.25) is 0 Å². The van der Waals surface area contributed by atoms with Gasteiger partial charge in [0.2, 0.25) is 11.9 Å². The normalized spacial score (nSPS) is 11.0. The fraction of sp³-hybridized carbons (Fsp3) is 0.227. The van der Waals surface area contributed by atoms with E-state index < -0.39 is 0 Å². The van der Waals surface area contributed by atoms with Crippen LogP contribution >= 0.6 is 0 Å². The molecule has 6 nitrogen and oxygen atoms in total. The van der Waals surface area contributed by atoms with E-state index in [1.54, 1.807) is 0 Å². The van der Waals surface area contributed by atoms with Crippen LogP contribution in [-0.2, 0) is 0 Å². The zero-order valence-electron chi connectivity index (χ0n) is 16.9. The highest BCUT2D eigenvalue weighted by molar-refractivity contribution is 5.76. The summed E-state index contributed by atoms with van der Waals surface area (Å²) in [7, 11) is 7.51. The van der Waals surface area contributed by atoms with Gasteiger partial charge in [-0.1, -0.05) is 42.5 Å². The Balaban J connectivity index is 2.09. The minimum Gasteiger partial charge on any atom is -0.507 e. The van der Waals surface area contributed by atoms with Gasteiger partial charge in [0.25, 0.3) is 0 Å². The lowest BCUT2D eigenvalue weighted by Crippen LogP contribution is -2.19. The molecule has 1 aromatic heterocycles. The highest BCUT2D eigenvalue weighted by Crippen LogP contribution is 2.33. The van der Waals surface area contributed by atoms with Gasteiger partial charge in [-0.05, 0) is 35.7 Å². The van der Waals surface area contributed by atoms with Crippen LogP contribution in [0, 0.1) is 6.92 Å². The summed E-state index contributed by atoms with van der Waals surface area (Å²) in [5, 5.41) is 10.7. The molecular formula is C22H25N5O. The topological polar surface area (TPSA) is 65.4 Å². The molecule has 0 fully saturated rings. The largest absolute Gasteiger partial charge is 0.507 e. The van der Waals surface area contributed by atoms with Crippen LogP contribution < -0.4 is 9.80 Å². The number of hydrogen-bond acceptors (Lipinski definition) is 6. The minimum atomic E-state index is 0.178. The number of aromatic hydroxyl groups is 1. The predicted molar refractivity (Wildman–Crippen MR) is 116 cm³/mol. The summed E-state index contributed by atoms with van der Waals surface area (Å²) in [4.78, 5) is 17.2. The molecule has 6 heteroatoms. The molecule has 0 aliphatic rings. The van der Waals surface area contributed by atoms with E-state index in [0.717, 1.165) is 16.7 Å². The first-order valence-electron chi connectivity index (χ1n) is 9.03. The van der Waals surface area contributed by atoms with Gasteiger partial charge in [-0.2, -0.15) is 15.0 Å². The van der Waals surface area contributed by atoms with E-state index in [2.05, 4.69) is 15.0 Å². The van der Waals surface area contributed by atoms with Crippen molar-refractivity contribution in [2.24, 2.45) is 0 Å². The second-order valence-corrected chi connectivity index (χ2v) is 7.03. The molecule has 3 aromatic rings. The van der Waals surface area contributed by atoms with E-state index in [1.165, 1.54) is 0 Å². The molecule has 2 aromatic carbocycles. The third-order valence-corrected chi connectivity index (χ3v) is 4.24. The van der Waals surface area contributed by atoms with Gasteiger partial charge in [0.15, 0.2) is 5.82 Å². The van der Waals surface area contributed by atoms with E-state index >= 15 is 0 Å². The van der Waals surface area contributed by atoms with Crippen LogP contribution in [0.1, 0.15) is 16.7 Å². The standard InChI is InChI=1S/C22H25N5O/c1-15-13-17(12-11-16-9-7-6-8-10-16)14-18(19(15)28)20-23-21(26(2)3)25-22(24-20)27(4)5/h6-14,28H,1-5H3/b12-11+. The van der Waals surface area contributed by atoms with Crippen molar-refractivity contribution in [3.8, 4) is 17.1 Å². The smallest absolute Gasteiger partial charge is 0.230 e. The first-order chi connectivity index (χ1) is 13.3. The van der Waals surface area contributed by atoms with E-state index in [1.807, 2.05) is 99.5 Å². The number of hydrogen-bond donors (Lipinski definition) is 1. The Hall–Kier alpha value is -3.41. The minimum absolute atomic E-state index is 0.178. The molecule has 0 aliphatic heterocycles. The number of anilines is 2. The molecule has 144 valence electrons. The monoisotopic (exact) mass is 375 g/mol. The second-order valence-electron chi connectivity index (χ2n) is 7.03. The molecule has 0 unspecified atom stereocenters. The highest BCUT2D eigenvalue weighted by atomic mass is 16.3. The Morgan fingerprint density at radius 3 is 1.93 bits per heavy atom. The lowest BCUT2D eigenvalue weighted by molar-refractivity contribution is 0.472. The van der Waals surface area contributed by atoms with Crippen LogP contribution in [-0.4, -0.2) is 48.2 Å². The Kier molecular flexibility index (Phi) is 5.59. The molecule has 1 heterocycles. The van der Waals surface area contributed by atoms with E-state index in [-0.39, 0.29) is 5.75 Å². The van der Waals surface area contributed by atoms with E-state index in [4.69, 9.17) is 0 Å². The average Bonchev–Trinajstić information content (AvgIpc) is 2.69. The van der Waals surface area contributed by atoms with E-state index in [9.17, 15) is 5.11 Å². The summed E-state index contributed by atoms with van der Waals surface area (Å²) >= 11 is 0. The van der Waals surface area contributed by atoms with Gasteiger partial charge >= 0.3 is 0 Å². The molecule has 3 rings (SSSR count). The summed E-state index contributed by atoms with van der Waals surface area (Å²) in [5.41, 5.74) is 3.43. The zero-order valence-corrected chi connectivity index (χ0v) is 16.9. The number of benzene rings is 2. The predicted octanol–water partition coefficient (Wildman–Crippen LogP) is 3.86. The van der Waals surface area contributed by atoms with Crippen molar-refractivity contribution in [3.63, 3.8) is 0 Å². The fourth-order valence-electron chi connectivity index (χ4n) is 2.71. The van der Waals surface area contributed by atoms with Crippen LogP contribution in [0.4, 0.5) is 11.9 Å². The van der Waals surface area contributed by atoms with Crippen LogP contribution in [0.15, 0.2) is 42.5 Å². The van der Waals surface area contributed by atoms with Crippen molar-refractivity contribution in [3.05, 3.63) is 59.2 Å². The quantitative estimate of drug-likeness (QED) is 0.683. The first kappa shape index (κ1) is 19.4. The summed E-state index contributed by atoms with van der Waals surface area (Å²) in [6.07, 6.45) is 4.06. The molecule has 0 saturated carbocycles. The number of aryl methyl sites for hydroxylation is 1. The number of rotatable bonds is 5. The van der Waals surface area contributed by atoms with Gasteiger partial charge in [-0.15, -0.1) is 0 Å². The maximum atomic E-state index is 10.7. The second kappa shape index (κ2) is 8.08. The Morgan fingerprint density at radius 1 is 0.786 bits per heavy atom. The third kappa shape index (κ3) is 4.28. The van der Waals surface area contributed by atoms with Gasteiger partial charge in [-0.25, -0.2) is 0 Å². The van der Waals surface area contributed by atoms with Gasteiger partial charge in [0.1, 0.15) is 5.75 Å². The third-order valence-electron chi connectivity index (χ3n) is 4.24. The van der Waals surface area contributed by atoms with Crippen LogP contribution in [0.3, 0.4) is 0 Å². The van der Waals surface area contributed by atoms with Crippen molar-refractivity contribution in [1.29, 1.82) is 0 Å². The van der Waals surface area contributed by atoms with Crippen LogP contribution in [0.2, 0.25) is 0 Å². The van der Waals surface area contributed by atoms with Crippen LogP contribution in [0.25, 0.3) is 23.5 Å². The maximum absolute atomic E-state index is 10.7. The maximum Gasteiger partial charge on any atom is 0.230 e. The highest BCUT2D eigenvalue weighted by Gasteiger charge is 2.16. The average molecular weight is 375 g/mol.